The SMILES string of the molecule is Nc1ccc(/C=C/c2ccc(N)cc2)cc1.O=[PH](O)O.O=[PH](O)O. The zero-order chi connectivity index (χ0) is 18.5. The van der Waals surface area contributed by atoms with Crippen molar-refractivity contribution in [3.05, 3.63) is 59.7 Å². The first kappa shape index (κ1) is 22.1. The van der Waals surface area contributed by atoms with Gasteiger partial charge in [-0.2, -0.15) is 0 Å². The van der Waals surface area contributed by atoms with E-state index in [1.54, 1.807) is 0 Å². The normalized spacial score (nSPS) is 10.1. The van der Waals surface area contributed by atoms with Crippen molar-refractivity contribution < 1.29 is 28.7 Å². The maximum absolute atomic E-state index is 8.74. The van der Waals surface area contributed by atoms with Gasteiger partial charge in [0.1, 0.15) is 0 Å². The van der Waals surface area contributed by atoms with Crippen LogP contribution in [-0.4, -0.2) is 19.6 Å². The van der Waals surface area contributed by atoms with Crippen molar-refractivity contribution in [2.24, 2.45) is 0 Å². The topological polar surface area (TPSA) is 167 Å². The first-order chi connectivity index (χ1) is 11.2. The summed E-state index contributed by atoms with van der Waals surface area (Å²) in [7, 11) is -6.26. The maximum atomic E-state index is 8.74. The Kier molecular flexibility index (Phi) is 11.5. The molecule has 0 amide bonds. The zero-order valence-corrected chi connectivity index (χ0v) is 14.5. The van der Waals surface area contributed by atoms with Crippen LogP contribution in [0.15, 0.2) is 48.5 Å². The molecule has 10 heteroatoms. The average Bonchev–Trinajstić information content (AvgIpc) is 2.47. The summed E-state index contributed by atoms with van der Waals surface area (Å²) >= 11 is 0. The molecule has 0 aliphatic rings. The first-order valence-electron chi connectivity index (χ1n) is 6.43. The molecule has 8 N–H and O–H groups in total. The van der Waals surface area contributed by atoms with Crippen molar-refractivity contribution in [2.45, 2.75) is 0 Å². The fourth-order valence-corrected chi connectivity index (χ4v) is 1.41. The monoisotopic (exact) mass is 374 g/mol. The molecule has 2 rings (SSSR count). The summed E-state index contributed by atoms with van der Waals surface area (Å²) in [6, 6.07) is 15.5. The van der Waals surface area contributed by atoms with E-state index in [2.05, 4.69) is 0 Å². The molecule has 0 aromatic heterocycles. The first-order valence-corrected chi connectivity index (χ1v) is 9.04. The Labute approximate surface area is 140 Å². The van der Waals surface area contributed by atoms with Gasteiger partial charge < -0.3 is 31.0 Å². The van der Waals surface area contributed by atoms with Crippen molar-refractivity contribution in [1.82, 2.24) is 0 Å². The molecule has 0 aliphatic heterocycles. The predicted molar refractivity (Wildman–Crippen MR) is 97.5 cm³/mol. The van der Waals surface area contributed by atoms with Gasteiger partial charge in [-0.25, -0.2) is 0 Å². The minimum absolute atomic E-state index is 0.782. The fraction of sp³-hybridized carbons (Fsp3) is 0. The molecule has 0 saturated heterocycles. The van der Waals surface area contributed by atoms with Gasteiger partial charge in [-0.3, -0.25) is 9.13 Å². The van der Waals surface area contributed by atoms with E-state index < -0.39 is 16.5 Å². The molecule has 0 atom stereocenters. The highest BCUT2D eigenvalue weighted by atomic mass is 31.1. The van der Waals surface area contributed by atoms with Crippen LogP contribution in [0.3, 0.4) is 0 Å². The summed E-state index contributed by atoms with van der Waals surface area (Å²) in [5, 5.41) is 0. The number of rotatable bonds is 2. The number of hydrogen-bond donors (Lipinski definition) is 6. The van der Waals surface area contributed by atoms with Gasteiger partial charge in [0.05, 0.1) is 0 Å². The molecule has 8 nitrogen and oxygen atoms in total. The Balaban J connectivity index is 0.000000558. The molecular weight excluding hydrogens is 354 g/mol. The van der Waals surface area contributed by atoms with Crippen molar-refractivity contribution >= 4 is 40.0 Å². The molecule has 24 heavy (non-hydrogen) atoms. The average molecular weight is 374 g/mol. The Morgan fingerprint density at radius 1 is 0.625 bits per heavy atom. The smallest absolute Gasteiger partial charge is 0.314 e. The van der Waals surface area contributed by atoms with Gasteiger partial charge in [-0.05, 0) is 35.4 Å². The van der Waals surface area contributed by atoms with Gasteiger partial charge in [-0.1, -0.05) is 36.4 Å². The van der Waals surface area contributed by atoms with Crippen LogP contribution in [0, 0.1) is 0 Å². The molecule has 0 saturated carbocycles. The van der Waals surface area contributed by atoms with E-state index in [-0.39, 0.29) is 0 Å². The van der Waals surface area contributed by atoms with Gasteiger partial charge >= 0.3 is 16.5 Å². The number of benzene rings is 2. The summed E-state index contributed by atoms with van der Waals surface area (Å²) in [6.07, 6.45) is 4.09. The fourth-order valence-electron chi connectivity index (χ4n) is 1.41. The van der Waals surface area contributed by atoms with E-state index >= 15 is 0 Å². The quantitative estimate of drug-likeness (QED) is 0.262. The lowest BCUT2D eigenvalue weighted by Gasteiger charge is -1.96. The molecule has 0 spiro atoms. The molecule has 2 aromatic carbocycles. The number of nitrogens with two attached hydrogens (primary N) is 2. The van der Waals surface area contributed by atoms with Crippen molar-refractivity contribution in [2.75, 3.05) is 11.5 Å². The number of hydrogen-bond acceptors (Lipinski definition) is 4. The van der Waals surface area contributed by atoms with Gasteiger partial charge in [0.25, 0.3) is 0 Å². The minimum atomic E-state index is -3.13. The largest absolute Gasteiger partial charge is 0.399 e. The van der Waals surface area contributed by atoms with Crippen LogP contribution in [-0.2, 0) is 9.13 Å². The van der Waals surface area contributed by atoms with E-state index in [1.807, 2.05) is 60.7 Å². The van der Waals surface area contributed by atoms with Crippen LogP contribution < -0.4 is 11.5 Å². The Hall–Kier alpha value is -1.92. The van der Waals surface area contributed by atoms with E-state index in [0.29, 0.717) is 0 Å². The highest BCUT2D eigenvalue weighted by Crippen LogP contribution is 2.11. The third-order valence-corrected chi connectivity index (χ3v) is 2.34. The van der Waals surface area contributed by atoms with Crippen LogP contribution >= 0.6 is 16.5 Å². The summed E-state index contributed by atoms with van der Waals surface area (Å²) in [4.78, 5) is 28.6. The van der Waals surface area contributed by atoms with Crippen molar-refractivity contribution in [1.29, 1.82) is 0 Å². The Morgan fingerprint density at radius 2 is 0.833 bits per heavy atom. The minimum Gasteiger partial charge on any atom is -0.399 e. The van der Waals surface area contributed by atoms with Gasteiger partial charge in [0.15, 0.2) is 0 Å². The van der Waals surface area contributed by atoms with Gasteiger partial charge in [0.2, 0.25) is 0 Å². The molecule has 0 unspecified atom stereocenters. The summed E-state index contributed by atoms with van der Waals surface area (Å²) in [5.41, 5.74) is 15.1. The second-order valence-electron chi connectivity index (χ2n) is 4.23. The lowest BCUT2D eigenvalue weighted by atomic mass is 10.1. The Bertz CT molecular complexity index is 607. The molecule has 132 valence electrons. The van der Waals surface area contributed by atoms with E-state index in [9.17, 15) is 0 Å². The van der Waals surface area contributed by atoms with Crippen LogP contribution in [0.1, 0.15) is 11.1 Å². The van der Waals surface area contributed by atoms with Crippen LogP contribution in [0.5, 0.6) is 0 Å². The van der Waals surface area contributed by atoms with Crippen LogP contribution in [0.2, 0.25) is 0 Å². The summed E-state index contributed by atoms with van der Waals surface area (Å²) in [6.45, 7) is 0. The highest BCUT2D eigenvalue weighted by molar-refractivity contribution is 7.31. The predicted octanol–water partition coefficient (Wildman–Crippen LogP) is 1.74. The zero-order valence-electron chi connectivity index (χ0n) is 12.5. The molecule has 0 bridgehead atoms. The summed E-state index contributed by atoms with van der Waals surface area (Å²) in [5.74, 6) is 0. The Morgan fingerprint density at radius 3 is 1.04 bits per heavy atom. The number of anilines is 2. The van der Waals surface area contributed by atoms with Gasteiger partial charge in [0, 0.05) is 11.4 Å². The van der Waals surface area contributed by atoms with E-state index in [1.165, 1.54) is 0 Å². The van der Waals surface area contributed by atoms with Crippen LogP contribution in [0.4, 0.5) is 11.4 Å². The van der Waals surface area contributed by atoms with E-state index in [0.717, 1.165) is 22.5 Å². The molecular formula is C14H20N2O6P2. The third-order valence-electron chi connectivity index (χ3n) is 2.34. The molecule has 0 aliphatic carbocycles. The lowest BCUT2D eigenvalue weighted by Crippen LogP contribution is -1.83. The highest BCUT2D eigenvalue weighted by Gasteiger charge is 1.89. The summed E-state index contributed by atoms with van der Waals surface area (Å²) < 4.78 is 17.5. The third kappa shape index (κ3) is 13.7. The van der Waals surface area contributed by atoms with Crippen LogP contribution in [0.25, 0.3) is 12.2 Å². The molecule has 0 radical (unpaired) electrons. The maximum Gasteiger partial charge on any atom is 0.314 e. The van der Waals surface area contributed by atoms with E-state index in [4.69, 9.17) is 40.2 Å². The standard InChI is InChI=1S/C14H14N2.2H3O3P/c15-13-7-3-11(4-8-13)1-2-12-5-9-14(16)10-6-12;2*1-4(2)3/h1-10H,15-16H2;2*4H,(H2,1,2,3)/b2-1+;;. The molecule has 0 fully saturated rings. The lowest BCUT2D eigenvalue weighted by molar-refractivity contribution is 0.403. The van der Waals surface area contributed by atoms with Gasteiger partial charge in [-0.15, -0.1) is 0 Å². The second-order valence-corrected chi connectivity index (χ2v) is 5.36. The molecule has 2 aromatic rings. The van der Waals surface area contributed by atoms with Crippen molar-refractivity contribution in [3.63, 3.8) is 0 Å². The van der Waals surface area contributed by atoms with Crippen molar-refractivity contribution in [3.8, 4) is 0 Å². The molecule has 0 heterocycles. The second kappa shape index (κ2) is 12.5. The number of nitrogen functional groups attached to an aromatic ring is 2.